The Labute approximate surface area is 278 Å². The van der Waals surface area contributed by atoms with Gasteiger partial charge in [0.15, 0.2) is 0 Å². The molecule has 0 unspecified atom stereocenters. The Morgan fingerprint density at radius 1 is 0.867 bits per heavy atom. The first-order chi connectivity index (χ1) is 21.5. The highest BCUT2D eigenvalue weighted by Gasteiger charge is 2.62. The summed E-state index contributed by atoms with van der Waals surface area (Å²) >= 11 is 2.95. The molecule has 2 saturated carbocycles. The zero-order chi connectivity index (χ0) is 33.2. The van der Waals surface area contributed by atoms with Crippen molar-refractivity contribution in [2.75, 3.05) is 59.0 Å². The predicted octanol–water partition coefficient (Wildman–Crippen LogP) is 4.38. The molecule has 0 aromatic heterocycles. The van der Waals surface area contributed by atoms with Gasteiger partial charge in [-0.3, -0.25) is 38.7 Å². The van der Waals surface area contributed by atoms with Gasteiger partial charge >= 0.3 is 0 Å². The molecular weight excluding hydrogens is 613 g/mol. The summed E-state index contributed by atoms with van der Waals surface area (Å²) < 4.78 is 6.20. The third-order valence-corrected chi connectivity index (χ3v) is 12.2. The molecule has 45 heavy (non-hydrogen) atoms. The van der Waals surface area contributed by atoms with Crippen LogP contribution in [-0.4, -0.2) is 121 Å². The molecule has 3 fully saturated rings. The SMILES string of the molecule is CCCCN(C)C(=O)C(C(=O)N(C=O)C1CCC2(CC1)CC(C(=O)N(C)C=O)(N(C)CC1CCOCC1)C2)=C(SCC)SCC. The normalized spacial score (nSPS) is 24.9. The lowest BCUT2D eigenvalue weighted by Crippen LogP contribution is -2.69. The summed E-state index contributed by atoms with van der Waals surface area (Å²) in [6, 6.07) is -0.313. The van der Waals surface area contributed by atoms with Crippen molar-refractivity contribution in [3.63, 3.8) is 0 Å². The fourth-order valence-electron chi connectivity index (χ4n) is 7.32. The number of thioether (sulfide) groups is 2. The van der Waals surface area contributed by atoms with Crippen LogP contribution in [0.3, 0.4) is 0 Å². The number of imide groups is 2. The highest BCUT2D eigenvalue weighted by Crippen LogP contribution is 2.59. The molecule has 1 heterocycles. The van der Waals surface area contributed by atoms with E-state index in [0.29, 0.717) is 66.7 Å². The maximum Gasteiger partial charge on any atom is 0.267 e. The third-order valence-electron chi connectivity index (χ3n) is 9.95. The number of nitrogens with zero attached hydrogens (tertiary/aromatic N) is 4. The molecule has 0 aromatic carbocycles. The summed E-state index contributed by atoms with van der Waals surface area (Å²) in [6.45, 7) is 8.83. The molecule has 2 aliphatic carbocycles. The van der Waals surface area contributed by atoms with E-state index in [4.69, 9.17) is 4.74 Å². The second-order valence-electron chi connectivity index (χ2n) is 13.0. The first-order valence-corrected chi connectivity index (χ1v) is 18.5. The lowest BCUT2D eigenvalue weighted by molar-refractivity contribution is -0.169. The summed E-state index contributed by atoms with van der Waals surface area (Å²) in [5.41, 5.74) is -0.733. The average molecular weight is 667 g/mol. The van der Waals surface area contributed by atoms with Gasteiger partial charge in [0.05, 0.1) is 4.24 Å². The third kappa shape index (κ3) is 8.73. The van der Waals surface area contributed by atoms with Gasteiger partial charge in [0.25, 0.3) is 11.8 Å². The molecular formula is C33H54N4O6S2. The average Bonchev–Trinajstić information content (AvgIpc) is 3.03. The Morgan fingerprint density at radius 3 is 1.98 bits per heavy atom. The molecule has 1 aliphatic heterocycles. The number of hydrogen-bond acceptors (Lipinski definition) is 9. The lowest BCUT2D eigenvalue weighted by atomic mass is 9.50. The van der Waals surface area contributed by atoms with E-state index in [0.717, 1.165) is 58.3 Å². The summed E-state index contributed by atoms with van der Waals surface area (Å²) in [5.74, 6) is 0.847. The van der Waals surface area contributed by atoms with E-state index in [1.807, 2.05) is 20.9 Å². The molecule has 0 atom stereocenters. The van der Waals surface area contributed by atoms with E-state index in [1.54, 1.807) is 11.9 Å². The van der Waals surface area contributed by atoms with Crippen molar-refractivity contribution in [1.82, 2.24) is 19.6 Å². The second kappa shape index (κ2) is 17.3. The van der Waals surface area contributed by atoms with Gasteiger partial charge in [-0.15, -0.1) is 23.5 Å². The van der Waals surface area contributed by atoms with Crippen molar-refractivity contribution >= 4 is 54.1 Å². The van der Waals surface area contributed by atoms with Crippen molar-refractivity contribution in [3.8, 4) is 0 Å². The zero-order valence-electron chi connectivity index (χ0n) is 28.2. The molecule has 5 amide bonds. The first kappa shape index (κ1) is 37.6. The van der Waals surface area contributed by atoms with Gasteiger partial charge in [0.2, 0.25) is 18.7 Å². The minimum absolute atomic E-state index is 0.0897. The van der Waals surface area contributed by atoms with Crippen LogP contribution in [0.2, 0.25) is 0 Å². The molecule has 0 bridgehead atoms. The Hall–Kier alpha value is -1.89. The zero-order valence-corrected chi connectivity index (χ0v) is 29.8. The molecule has 12 heteroatoms. The number of rotatable bonds is 16. The van der Waals surface area contributed by atoms with Crippen molar-refractivity contribution in [1.29, 1.82) is 0 Å². The molecule has 0 radical (unpaired) electrons. The van der Waals surface area contributed by atoms with Gasteiger partial charge in [-0.05, 0) is 87.7 Å². The maximum absolute atomic E-state index is 14.1. The predicted molar refractivity (Wildman–Crippen MR) is 180 cm³/mol. The molecule has 254 valence electrons. The van der Waals surface area contributed by atoms with Gasteiger partial charge in [0, 0.05) is 46.4 Å². The van der Waals surface area contributed by atoms with Gasteiger partial charge in [-0.1, -0.05) is 27.2 Å². The van der Waals surface area contributed by atoms with Gasteiger partial charge < -0.3 is 9.64 Å². The van der Waals surface area contributed by atoms with E-state index in [9.17, 15) is 24.0 Å². The summed E-state index contributed by atoms with van der Waals surface area (Å²) in [4.78, 5) is 71.7. The van der Waals surface area contributed by atoms with Crippen LogP contribution < -0.4 is 0 Å². The van der Waals surface area contributed by atoms with Crippen molar-refractivity contribution < 1.29 is 28.7 Å². The molecule has 3 rings (SSSR count). The summed E-state index contributed by atoms with van der Waals surface area (Å²) in [6.07, 6.45) is 8.95. The van der Waals surface area contributed by atoms with Crippen LogP contribution in [0.5, 0.6) is 0 Å². The number of carbonyl (C=O) groups excluding carboxylic acids is 5. The quantitative estimate of drug-likeness (QED) is 0.103. The number of amides is 5. The van der Waals surface area contributed by atoms with Crippen molar-refractivity contribution in [2.24, 2.45) is 11.3 Å². The minimum atomic E-state index is -0.740. The van der Waals surface area contributed by atoms with Crippen LogP contribution in [0.25, 0.3) is 0 Å². The second-order valence-corrected chi connectivity index (χ2v) is 15.8. The minimum Gasteiger partial charge on any atom is -0.381 e. The number of ether oxygens (including phenoxy) is 1. The first-order valence-electron chi connectivity index (χ1n) is 16.6. The van der Waals surface area contributed by atoms with Crippen LogP contribution in [0.4, 0.5) is 0 Å². The maximum atomic E-state index is 14.1. The Balaban J connectivity index is 1.78. The number of hydrogen-bond donors (Lipinski definition) is 0. The number of unbranched alkanes of at least 4 members (excludes halogenated alkanes) is 1. The van der Waals surface area contributed by atoms with Crippen molar-refractivity contribution in [2.45, 2.75) is 96.6 Å². The van der Waals surface area contributed by atoms with Crippen LogP contribution in [0, 0.1) is 11.3 Å². The topological polar surface area (TPSA) is 108 Å². The fourth-order valence-corrected chi connectivity index (χ4v) is 9.52. The Morgan fingerprint density at radius 2 is 1.47 bits per heavy atom. The van der Waals surface area contributed by atoms with Crippen LogP contribution in [0.1, 0.15) is 85.0 Å². The molecule has 10 nitrogen and oxygen atoms in total. The van der Waals surface area contributed by atoms with Crippen LogP contribution >= 0.6 is 23.5 Å². The van der Waals surface area contributed by atoms with E-state index >= 15 is 0 Å². The Bertz CT molecular complexity index is 1070. The molecule has 0 aromatic rings. The standard InChI is InChI=1S/C33H54N4O6S2/c1-7-10-17-34(4)28(40)27(30(44-8-2)45-9-3)29(41)37(24-39)26-11-15-32(16-12-26)21-33(22-32,31(42)35(5)23-38)36(6)20-25-13-18-43-19-14-25/h23-26H,7-22H2,1-6H3. The van der Waals surface area contributed by atoms with Crippen molar-refractivity contribution in [3.05, 3.63) is 9.81 Å². The monoisotopic (exact) mass is 666 g/mol. The van der Waals surface area contributed by atoms with E-state index in [2.05, 4.69) is 11.8 Å². The van der Waals surface area contributed by atoms with E-state index in [-0.39, 0.29) is 28.8 Å². The summed E-state index contributed by atoms with van der Waals surface area (Å²) in [5, 5.41) is 0. The largest absolute Gasteiger partial charge is 0.381 e. The van der Waals surface area contributed by atoms with Gasteiger partial charge in [-0.2, -0.15) is 0 Å². The molecule has 3 aliphatic rings. The van der Waals surface area contributed by atoms with Gasteiger partial charge in [-0.25, -0.2) is 0 Å². The number of likely N-dealkylation sites (N-methyl/N-ethyl adjacent to an activating group) is 3. The van der Waals surface area contributed by atoms with E-state index in [1.165, 1.54) is 40.4 Å². The lowest BCUT2D eigenvalue weighted by Gasteiger charge is -2.61. The van der Waals surface area contributed by atoms with Gasteiger partial charge in [0.1, 0.15) is 11.1 Å². The smallest absolute Gasteiger partial charge is 0.267 e. The van der Waals surface area contributed by atoms with E-state index < -0.39 is 11.4 Å². The molecule has 0 N–H and O–H groups in total. The number of carbonyl (C=O) groups is 5. The fraction of sp³-hybridized carbons (Fsp3) is 0.788. The summed E-state index contributed by atoms with van der Waals surface area (Å²) in [7, 11) is 5.25. The highest BCUT2D eigenvalue weighted by molar-refractivity contribution is 8.22. The Kier molecular flexibility index (Phi) is 14.5. The molecule has 1 spiro atoms. The highest BCUT2D eigenvalue weighted by atomic mass is 32.2. The molecule has 1 saturated heterocycles. The van der Waals surface area contributed by atoms with Crippen LogP contribution in [0.15, 0.2) is 9.81 Å². The van der Waals surface area contributed by atoms with Crippen LogP contribution in [-0.2, 0) is 28.7 Å².